The van der Waals surface area contributed by atoms with Gasteiger partial charge in [0.05, 0.1) is 19.8 Å². The first-order chi connectivity index (χ1) is 12.7. The lowest BCUT2D eigenvalue weighted by Crippen LogP contribution is -2.44. The summed E-state index contributed by atoms with van der Waals surface area (Å²) in [6.07, 6.45) is 4.18. The van der Waals surface area contributed by atoms with Crippen LogP contribution < -0.4 is 10.6 Å². The van der Waals surface area contributed by atoms with Crippen LogP contribution in [-0.2, 0) is 9.47 Å². The van der Waals surface area contributed by atoms with E-state index >= 15 is 0 Å². The first-order valence-electron chi connectivity index (χ1n) is 10.1. The minimum atomic E-state index is 0.00376. The van der Waals surface area contributed by atoms with E-state index in [1.54, 1.807) is 7.11 Å². The maximum Gasteiger partial charge on any atom is 0.191 e. The summed E-state index contributed by atoms with van der Waals surface area (Å²) in [5.74, 6) is 1.58. The zero-order chi connectivity index (χ0) is 18.7. The Hall–Kier alpha value is -0.890. The van der Waals surface area contributed by atoms with Gasteiger partial charge in [-0.3, -0.25) is 4.99 Å². The average Bonchev–Trinajstić information content (AvgIpc) is 3.12. The molecule has 2 rings (SSSR count). The molecule has 26 heavy (non-hydrogen) atoms. The van der Waals surface area contributed by atoms with Crippen LogP contribution in [-0.4, -0.2) is 88.8 Å². The summed E-state index contributed by atoms with van der Waals surface area (Å²) in [7, 11) is 1.76. The maximum atomic E-state index is 9.36. The predicted octanol–water partition coefficient (Wildman–Crippen LogP) is 0.689. The van der Waals surface area contributed by atoms with Crippen molar-refractivity contribution in [3.63, 3.8) is 0 Å². The number of piperidine rings is 1. The summed E-state index contributed by atoms with van der Waals surface area (Å²) in [4.78, 5) is 7.29. The predicted molar refractivity (Wildman–Crippen MR) is 105 cm³/mol. The Balaban J connectivity index is 1.77. The van der Waals surface area contributed by atoms with Gasteiger partial charge in [-0.25, -0.2) is 0 Å². The van der Waals surface area contributed by atoms with Gasteiger partial charge in [0.15, 0.2) is 5.96 Å². The van der Waals surface area contributed by atoms with Gasteiger partial charge in [-0.05, 0) is 51.6 Å². The number of hydrogen-bond donors (Lipinski definition) is 3. The molecule has 0 saturated carbocycles. The highest BCUT2D eigenvalue weighted by atomic mass is 16.5. The number of aliphatic hydroxyl groups is 1. The first-order valence-corrected chi connectivity index (χ1v) is 10.1. The highest BCUT2D eigenvalue weighted by molar-refractivity contribution is 5.79. The third-order valence-electron chi connectivity index (χ3n) is 5.62. The largest absolute Gasteiger partial charge is 0.396 e. The molecule has 0 radical (unpaired) electrons. The smallest absolute Gasteiger partial charge is 0.191 e. The van der Waals surface area contributed by atoms with Gasteiger partial charge in [-0.15, -0.1) is 0 Å². The molecular formula is C19H38N4O3. The lowest BCUT2D eigenvalue weighted by atomic mass is 9.84. The lowest BCUT2D eigenvalue weighted by Gasteiger charge is -2.32. The molecule has 7 heteroatoms. The van der Waals surface area contributed by atoms with Crippen LogP contribution in [0.5, 0.6) is 0 Å². The molecule has 2 aliphatic rings. The van der Waals surface area contributed by atoms with Crippen molar-refractivity contribution in [3.8, 4) is 0 Å². The zero-order valence-electron chi connectivity index (χ0n) is 16.6. The molecule has 7 nitrogen and oxygen atoms in total. The Morgan fingerprint density at radius 3 is 2.77 bits per heavy atom. The third kappa shape index (κ3) is 7.02. The van der Waals surface area contributed by atoms with Crippen molar-refractivity contribution in [2.24, 2.45) is 16.3 Å². The van der Waals surface area contributed by atoms with Gasteiger partial charge in [-0.1, -0.05) is 0 Å². The van der Waals surface area contributed by atoms with Crippen LogP contribution in [0.15, 0.2) is 4.99 Å². The van der Waals surface area contributed by atoms with Crippen LogP contribution in [0.1, 0.15) is 32.6 Å². The molecule has 1 unspecified atom stereocenters. The molecule has 0 spiro atoms. The Kier molecular flexibility index (Phi) is 9.67. The topological polar surface area (TPSA) is 78.4 Å². The van der Waals surface area contributed by atoms with E-state index in [1.165, 1.54) is 12.8 Å². The van der Waals surface area contributed by atoms with Crippen LogP contribution in [0.2, 0.25) is 0 Å². The van der Waals surface area contributed by atoms with Crippen molar-refractivity contribution >= 4 is 5.96 Å². The van der Waals surface area contributed by atoms with Gasteiger partial charge < -0.3 is 30.1 Å². The molecule has 3 N–H and O–H groups in total. The number of methoxy groups -OCH3 is 1. The Bertz CT molecular complexity index is 406. The highest BCUT2D eigenvalue weighted by Crippen LogP contribution is 2.32. The summed E-state index contributed by atoms with van der Waals surface area (Å²) in [6.45, 7) is 10.5. The molecule has 2 saturated heterocycles. The lowest BCUT2D eigenvalue weighted by molar-refractivity contribution is 0.120. The fraction of sp³-hybridized carbons (Fsp3) is 0.947. The molecule has 2 heterocycles. The van der Waals surface area contributed by atoms with Gasteiger partial charge in [0, 0.05) is 45.4 Å². The molecule has 152 valence electrons. The molecule has 0 amide bonds. The second-order valence-corrected chi connectivity index (χ2v) is 7.63. The molecule has 2 aliphatic heterocycles. The van der Waals surface area contributed by atoms with Crippen molar-refractivity contribution < 1.29 is 14.6 Å². The fourth-order valence-corrected chi connectivity index (χ4v) is 3.75. The molecule has 0 aromatic rings. The average molecular weight is 371 g/mol. The Morgan fingerprint density at radius 2 is 2.15 bits per heavy atom. The number of aliphatic imine (C=N–C) groups is 1. The summed E-state index contributed by atoms with van der Waals surface area (Å²) in [6, 6.07) is 0. The van der Waals surface area contributed by atoms with Gasteiger partial charge in [0.2, 0.25) is 0 Å². The summed E-state index contributed by atoms with van der Waals surface area (Å²) >= 11 is 0. The van der Waals surface area contributed by atoms with E-state index in [0.29, 0.717) is 19.1 Å². The minimum absolute atomic E-state index is 0.00376. The first kappa shape index (κ1) is 21.4. The molecular weight excluding hydrogens is 332 g/mol. The van der Waals surface area contributed by atoms with Gasteiger partial charge >= 0.3 is 0 Å². The number of hydrogen-bond acceptors (Lipinski definition) is 5. The fourth-order valence-electron chi connectivity index (χ4n) is 3.75. The normalized spacial score (nSPS) is 25.6. The standard InChI is InChI=1S/C19H38N4O3/c1-3-20-18(22-15-19(6-11-24)7-12-26-16-19)21-14-17-4-8-23(9-5-17)10-13-25-2/h17,24H,3-16H2,1-2H3,(H2,20,21,22). The van der Waals surface area contributed by atoms with Crippen LogP contribution in [0, 0.1) is 11.3 Å². The number of aliphatic hydroxyl groups excluding tert-OH is 1. The van der Waals surface area contributed by atoms with Gasteiger partial charge in [-0.2, -0.15) is 0 Å². The molecule has 1 atom stereocenters. The molecule has 0 bridgehead atoms. The van der Waals surface area contributed by atoms with Crippen molar-refractivity contribution in [3.05, 3.63) is 0 Å². The quantitative estimate of drug-likeness (QED) is 0.388. The second-order valence-electron chi connectivity index (χ2n) is 7.63. The number of nitrogens with zero attached hydrogens (tertiary/aromatic N) is 2. The number of ether oxygens (including phenoxy) is 2. The summed E-state index contributed by atoms with van der Waals surface area (Å²) in [5, 5.41) is 16.2. The summed E-state index contributed by atoms with van der Waals surface area (Å²) < 4.78 is 10.7. The van der Waals surface area contributed by atoms with Crippen LogP contribution in [0.3, 0.4) is 0 Å². The van der Waals surface area contributed by atoms with Crippen molar-refractivity contribution in [1.29, 1.82) is 0 Å². The number of likely N-dealkylation sites (tertiary alicyclic amines) is 1. The van der Waals surface area contributed by atoms with Crippen LogP contribution in [0.25, 0.3) is 0 Å². The van der Waals surface area contributed by atoms with E-state index in [0.717, 1.165) is 64.7 Å². The van der Waals surface area contributed by atoms with Crippen molar-refractivity contribution in [1.82, 2.24) is 15.5 Å². The highest BCUT2D eigenvalue weighted by Gasteiger charge is 2.34. The van der Waals surface area contributed by atoms with E-state index in [4.69, 9.17) is 14.5 Å². The number of rotatable bonds is 10. The van der Waals surface area contributed by atoms with E-state index in [2.05, 4.69) is 22.5 Å². The summed E-state index contributed by atoms with van der Waals surface area (Å²) in [5.41, 5.74) is 0.00376. The monoisotopic (exact) mass is 370 g/mol. The van der Waals surface area contributed by atoms with Crippen LogP contribution >= 0.6 is 0 Å². The maximum absolute atomic E-state index is 9.36. The Morgan fingerprint density at radius 1 is 1.35 bits per heavy atom. The molecule has 0 aliphatic carbocycles. The van der Waals surface area contributed by atoms with Crippen molar-refractivity contribution in [2.45, 2.75) is 32.6 Å². The third-order valence-corrected chi connectivity index (χ3v) is 5.62. The van der Waals surface area contributed by atoms with Crippen LogP contribution in [0.4, 0.5) is 0 Å². The van der Waals surface area contributed by atoms with E-state index in [9.17, 15) is 5.11 Å². The van der Waals surface area contributed by atoms with E-state index < -0.39 is 0 Å². The molecule has 2 fully saturated rings. The molecule has 0 aromatic heterocycles. The minimum Gasteiger partial charge on any atom is -0.396 e. The Labute approximate surface area is 158 Å². The van der Waals surface area contributed by atoms with Crippen molar-refractivity contribution in [2.75, 3.05) is 72.8 Å². The number of nitrogens with one attached hydrogen (secondary N) is 2. The SMILES string of the molecule is CCNC(=NCC1(CCO)CCOC1)NCC1CCN(CCOC)CC1. The van der Waals surface area contributed by atoms with Gasteiger partial charge in [0.25, 0.3) is 0 Å². The molecule has 0 aromatic carbocycles. The zero-order valence-corrected chi connectivity index (χ0v) is 16.6. The van der Waals surface area contributed by atoms with Gasteiger partial charge in [0.1, 0.15) is 0 Å². The van der Waals surface area contributed by atoms with E-state index in [-0.39, 0.29) is 12.0 Å². The number of guanidine groups is 1. The van der Waals surface area contributed by atoms with E-state index in [1.807, 2.05) is 0 Å². The second kappa shape index (κ2) is 11.7.